The van der Waals surface area contributed by atoms with Crippen molar-refractivity contribution in [3.05, 3.63) is 78.6 Å². The number of imide groups is 1. The lowest BCUT2D eigenvalue weighted by molar-refractivity contribution is -0.122. The van der Waals surface area contributed by atoms with Gasteiger partial charge in [0.2, 0.25) is 21.8 Å². The molecule has 0 spiro atoms. The van der Waals surface area contributed by atoms with Crippen molar-refractivity contribution in [1.29, 1.82) is 0 Å². The van der Waals surface area contributed by atoms with E-state index in [0.717, 1.165) is 9.21 Å². The van der Waals surface area contributed by atoms with Gasteiger partial charge in [-0.15, -0.1) is 0 Å². The van der Waals surface area contributed by atoms with Crippen LogP contribution in [0, 0.1) is 0 Å². The lowest BCUT2D eigenvalue weighted by atomic mass is 10.2. The number of aromatic nitrogens is 1. The molecule has 10 nitrogen and oxygen atoms in total. The summed E-state index contributed by atoms with van der Waals surface area (Å²) >= 11 is 0. The SMILES string of the molecule is COc1ccc(S(=O)(=O)N(Cc2cccnc2)C2CC(=O)N(c3ccc(NC(C)=O)cc3)C2=O)cc1. The number of pyridine rings is 1. The van der Waals surface area contributed by atoms with E-state index in [-0.39, 0.29) is 29.5 Å². The van der Waals surface area contributed by atoms with Crippen molar-refractivity contribution in [2.75, 3.05) is 17.3 Å². The van der Waals surface area contributed by atoms with Gasteiger partial charge in [-0.05, 0) is 60.2 Å². The van der Waals surface area contributed by atoms with Gasteiger partial charge in [-0.1, -0.05) is 6.07 Å². The number of hydrogen-bond acceptors (Lipinski definition) is 7. The molecule has 1 fully saturated rings. The number of ether oxygens (including phenoxy) is 1. The molecule has 3 amide bonds. The van der Waals surface area contributed by atoms with Crippen molar-refractivity contribution in [2.45, 2.75) is 30.8 Å². The fourth-order valence-electron chi connectivity index (χ4n) is 3.93. The van der Waals surface area contributed by atoms with E-state index in [9.17, 15) is 22.8 Å². The van der Waals surface area contributed by atoms with E-state index in [2.05, 4.69) is 10.3 Å². The topological polar surface area (TPSA) is 126 Å². The number of sulfonamides is 1. The first-order chi connectivity index (χ1) is 17.2. The van der Waals surface area contributed by atoms with E-state index >= 15 is 0 Å². The summed E-state index contributed by atoms with van der Waals surface area (Å²) in [5.74, 6) is -0.966. The molecule has 2 aromatic carbocycles. The van der Waals surface area contributed by atoms with Crippen molar-refractivity contribution in [3.8, 4) is 5.75 Å². The highest BCUT2D eigenvalue weighted by Crippen LogP contribution is 2.31. The zero-order valence-corrected chi connectivity index (χ0v) is 20.4. The maximum atomic E-state index is 13.7. The molecular weight excluding hydrogens is 484 g/mol. The number of benzene rings is 2. The van der Waals surface area contributed by atoms with Crippen LogP contribution in [-0.4, -0.2) is 48.6 Å². The monoisotopic (exact) mass is 508 g/mol. The maximum absolute atomic E-state index is 13.7. The third kappa shape index (κ3) is 5.11. The average Bonchev–Trinajstić information content (AvgIpc) is 3.16. The molecular formula is C25H24N4O6S. The van der Waals surface area contributed by atoms with Crippen molar-refractivity contribution in [1.82, 2.24) is 9.29 Å². The molecule has 1 aliphatic heterocycles. The number of carbonyl (C=O) groups excluding carboxylic acids is 3. The lowest BCUT2D eigenvalue weighted by Gasteiger charge is -2.27. The highest BCUT2D eigenvalue weighted by Gasteiger charge is 2.47. The number of rotatable bonds is 8. The van der Waals surface area contributed by atoms with Crippen molar-refractivity contribution >= 4 is 39.1 Å². The zero-order chi connectivity index (χ0) is 25.9. The third-order valence-corrected chi connectivity index (χ3v) is 7.51. The molecule has 1 aliphatic rings. The predicted octanol–water partition coefficient (Wildman–Crippen LogP) is 2.57. The van der Waals surface area contributed by atoms with Crippen LogP contribution in [0.2, 0.25) is 0 Å². The molecule has 2 heterocycles. The summed E-state index contributed by atoms with van der Waals surface area (Å²) in [6.45, 7) is 1.22. The van der Waals surface area contributed by atoms with Gasteiger partial charge in [-0.2, -0.15) is 4.31 Å². The third-order valence-electron chi connectivity index (χ3n) is 5.64. The number of anilines is 2. The second-order valence-electron chi connectivity index (χ2n) is 8.10. The summed E-state index contributed by atoms with van der Waals surface area (Å²) in [4.78, 5) is 42.7. The van der Waals surface area contributed by atoms with Crippen LogP contribution in [-0.2, 0) is 31.0 Å². The van der Waals surface area contributed by atoms with Crippen LogP contribution >= 0.6 is 0 Å². The van der Waals surface area contributed by atoms with Crippen LogP contribution < -0.4 is 15.0 Å². The standard InChI is InChI=1S/C25H24N4O6S/c1-17(30)27-19-5-7-20(8-6-19)29-24(31)14-23(25(29)32)28(16-18-4-3-13-26-15-18)36(33,34)22-11-9-21(35-2)10-12-22/h3-13,15,23H,14,16H2,1-2H3,(H,27,30). The van der Waals surface area contributed by atoms with Gasteiger partial charge in [0.15, 0.2) is 0 Å². The Hall–Kier alpha value is -4.09. The van der Waals surface area contributed by atoms with E-state index in [4.69, 9.17) is 4.74 Å². The smallest absolute Gasteiger partial charge is 0.252 e. The van der Waals surface area contributed by atoms with E-state index in [1.165, 1.54) is 56.6 Å². The molecule has 11 heteroatoms. The minimum Gasteiger partial charge on any atom is -0.497 e. The van der Waals surface area contributed by atoms with Crippen molar-refractivity contribution in [3.63, 3.8) is 0 Å². The molecule has 1 N–H and O–H groups in total. The fraction of sp³-hybridized carbons (Fsp3) is 0.200. The highest BCUT2D eigenvalue weighted by molar-refractivity contribution is 7.89. The lowest BCUT2D eigenvalue weighted by Crippen LogP contribution is -2.45. The Labute approximate surface area is 208 Å². The normalized spacial score (nSPS) is 15.9. The summed E-state index contributed by atoms with van der Waals surface area (Å²) in [6, 6.07) is 14.1. The number of nitrogens with one attached hydrogen (secondary N) is 1. The van der Waals surface area contributed by atoms with Gasteiger partial charge in [0.1, 0.15) is 11.8 Å². The second kappa shape index (κ2) is 10.3. The number of nitrogens with zero attached hydrogens (tertiary/aromatic N) is 3. The van der Waals surface area contributed by atoms with Crippen LogP contribution in [0.25, 0.3) is 0 Å². The molecule has 0 aliphatic carbocycles. The van der Waals surface area contributed by atoms with E-state index in [1.807, 2.05) is 0 Å². The quantitative estimate of drug-likeness (QED) is 0.464. The molecule has 3 aromatic rings. The molecule has 1 atom stereocenters. The van der Waals surface area contributed by atoms with Gasteiger partial charge in [-0.3, -0.25) is 19.4 Å². The Morgan fingerprint density at radius 2 is 1.81 bits per heavy atom. The Kier molecular flexibility index (Phi) is 7.13. The fourth-order valence-corrected chi connectivity index (χ4v) is 5.50. The highest BCUT2D eigenvalue weighted by atomic mass is 32.2. The molecule has 4 rings (SSSR count). The van der Waals surface area contributed by atoms with Gasteiger partial charge < -0.3 is 10.1 Å². The minimum absolute atomic E-state index is 0.0365. The van der Waals surface area contributed by atoms with E-state index < -0.39 is 27.9 Å². The Morgan fingerprint density at radius 3 is 2.39 bits per heavy atom. The maximum Gasteiger partial charge on any atom is 0.252 e. The molecule has 0 radical (unpaired) electrons. The number of amides is 3. The molecule has 1 aromatic heterocycles. The molecule has 0 bridgehead atoms. The number of carbonyl (C=O) groups is 3. The Bertz CT molecular complexity index is 1380. The minimum atomic E-state index is -4.19. The number of methoxy groups -OCH3 is 1. The summed E-state index contributed by atoms with van der Waals surface area (Å²) in [7, 11) is -2.72. The first-order valence-corrected chi connectivity index (χ1v) is 12.4. The largest absolute Gasteiger partial charge is 0.497 e. The van der Waals surface area contributed by atoms with Crippen LogP contribution in [0.15, 0.2) is 78.0 Å². The van der Waals surface area contributed by atoms with Crippen LogP contribution in [0.1, 0.15) is 18.9 Å². The van der Waals surface area contributed by atoms with Crippen LogP contribution in [0.4, 0.5) is 11.4 Å². The Balaban J connectivity index is 1.69. The molecule has 186 valence electrons. The first-order valence-electron chi connectivity index (χ1n) is 11.0. The summed E-state index contributed by atoms with van der Waals surface area (Å²) < 4.78 is 33.6. The molecule has 1 saturated heterocycles. The summed E-state index contributed by atoms with van der Waals surface area (Å²) in [5, 5.41) is 2.62. The van der Waals surface area contributed by atoms with E-state index in [0.29, 0.717) is 17.0 Å². The molecule has 36 heavy (non-hydrogen) atoms. The number of hydrogen-bond donors (Lipinski definition) is 1. The van der Waals surface area contributed by atoms with Crippen LogP contribution in [0.5, 0.6) is 5.75 Å². The molecule has 0 saturated carbocycles. The zero-order valence-electron chi connectivity index (χ0n) is 19.6. The predicted molar refractivity (Wildman–Crippen MR) is 132 cm³/mol. The van der Waals surface area contributed by atoms with Gasteiger partial charge in [0, 0.05) is 31.5 Å². The van der Waals surface area contributed by atoms with Crippen molar-refractivity contribution < 1.29 is 27.5 Å². The summed E-state index contributed by atoms with van der Waals surface area (Å²) in [5.41, 5.74) is 1.35. The van der Waals surface area contributed by atoms with Crippen molar-refractivity contribution in [2.24, 2.45) is 0 Å². The van der Waals surface area contributed by atoms with E-state index in [1.54, 1.807) is 30.5 Å². The first kappa shape index (κ1) is 25.0. The van der Waals surface area contributed by atoms with Gasteiger partial charge in [0.05, 0.1) is 24.1 Å². The molecule has 1 unspecified atom stereocenters. The average molecular weight is 509 g/mol. The van der Waals surface area contributed by atoms with Gasteiger partial charge in [0.25, 0.3) is 5.91 Å². The Morgan fingerprint density at radius 1 is 1.11 bits per heavy atom. The van der Waals surface area contributed by atoms with Gasteiger partial charge in [-0.25, -0.2) is 13.3 Å². The second-order valence-corrected chi connectivity index (χ2v) is 9.99. The van der Waals surface area contributed by atoms with Crippen LogP contribution in [0.3, 0.4) is 0 Å². The van der Waals surface area contributed by atoms with Gasteiger partial charge >= 0.3 is 0 Å². The summed E-state index contributed by atoms with van der Waals surface area (Å²) in [6.07, 6.45) is 2.75.